The molecule has 0 radical (unpaired) electrons. The van der Waals surface area contributed by atoms with Crippen molar-refractivity contribution in [1.82, 2.24) is 5.32 Å². The second-order valence-electron chi connectivity index (χ2n) is 7.08. The van der Waals surface area contributed by atoms with Gasteiger partial charge in [-0.2, -0.15) is 0 Å². The quantitative estimate of drug-likeness (QED) is 0.874. The zero-order valence-electron chi connectivity index (χ0n) is 13.2. The second-order valence-corrected chi connectivity index (χ2v) is 7.08. The second kappa shape index (κ2) is 6.48. The molecule has 2 atom stereocenters. The van der Waals surface area contributed by atoms with Crippen LogP contribution in [0.3, 0.4) is 0 Å². The number of amides is 1. The average molecular weight is 290 g/mol. The fraction of sp³-hybridized carbons (Fsp3) is 0.588. The minimum atomic E-state index is -0.0910. The van der Waals surface area contributed by atoms with Gasteiger partial charge in [0.15, 0.2) is 0 Å². The van der Waals surface area contributed by atoms with E-state index in [9.17, 15) is 4.79 Å². The zero-order valence-corrected chi connectivity index (χ0v) is 13.2. The number of para-hydroxylation sites is 1. The molecule has 1 amide bonds. The van der Waals surface area contributed by atoms with Crippen LogP contribution in [0.25, 0.3) is 0 Å². The van der Waals surface area contributed by atoms with Crippen molar-refractivity contribution in [3.63, 3.8) is 0 Å². The summed E-state index contributed by atoms with van der Waals surface area (Å²) in [4.78, 5) is 11.9. The molecule has 1 aliphatic heterocycles. The third kappa shape index (κ3) is 5.05. The molecule has 0 saturated carbocycles. The molecule has 1 heterocycles. The lowest BCUT2D eigenvalue weighted by Gasteiger charge is -2.23. The van der Waals surface area contributed by atoms with E-state index in [1.54, 1.807) is 0 Å². The van der Waals surface area contributed by atoms with Gasteiger partial charge in [-0.1, -0.05) is 39.0 Å². The van der Waals surface area contributed by atoms with Gasteiger partial charge in [0.25, 0.3) is 0 Å². The molecular weight excluding hydrogens is 264 g/mol. The van der Waals surface area contributed by atoms with E-state index < -0.39 is 0 Å². The normalized spacial score (nSPS) is 18.8. The Morgan fingerprint density at radius 3 is 2.81 bits per heavy atom. The molecular formula is C17H26N2O2. The lowest BCUT2D eigenvalue weighted by molar-refractivity contribution is -0.121. The number of fused-ring (bicyclic) bond motifs is 1. The summed E-state index contributed by atoms with van der Waals surface area (Å²) in [5.41, 5.74) is 7.38. The van der Waals surface area contributed by atoms with E-state index in [2.05, 4.69) is 32.2 Å². The first-order valence-corrected chi connectivity index (χ1v) is 7.60. The maximum Gasteiger partial charge on any atom is 0.221 e. The molecule has 21 heavy (non-hydrogen) atoms. The Labute approximate surface area is 127 Å². The van der Waals surface area contributed by atoms with Crippen LogP contribution < -0.4 is 15.8 Å². The molecule has 1 aromatic carbocycles. The third-order valence-electron chi connectivity index (χ3n) is 3.56. The zero-order chi connectivity index (χ0) is 15.5. The predicted molar refractivity (Wildman–Crippen MR) is 84.2 cm³/mol. The SMILES string of the molecule is CC(C)(C)CC(N)CC(=O)NCC1Cc2ccccc2O1. The summed E-state index contributed by atoms with van der Waals surface area (Å²) in [6.07, 6.45) is 2.10. The van der Waals surface area contributed by atoms with Gasteiger partial charge in [0.2, 0.25) is 5.91 Å². The maximum absolute atomic E-state index is 11.9. The Bertz CT molecular complexity index is 469. The van der Waals surface area contributed by atoms with E-state index in [-0.39, 0.29) is 23.5 Å². The molecule has 0 bridgehead atoms. The van der Waals surface area contributed by atoms with Crippen LogP contribution in [0, 0.1) is 5.41 Å². The molecule has 2 unspecified atom stereocenters. The van der Waals surface area contributed by atoms with E-state index in [1.165, 1.54) is 5.56 Å². The minimum Gasteiger partial charge on any atom is -0.488 e. The molecule has 0 fully saturated rings. The molecule has 1 aromatic rings. The summed E-state index contributed by atoms with van der Waals surface area (Å²) in [7, 11) is 0. The summed E-state index contributed by atoms with van der Waals surface area (Å²) in [5.74, 6) is 0.937. The number of carbonyl (C=O) groups excluding carboxylic acids is 1. The number of carbonyl (C=O) groups is 1. The summed E-state index contributed by atoms with van der Waals surface area (Å²) in [6, 6.07) is 7.92. The molecule has 0 aromatic heterocycles. The highest BCUT2D eigenvalue weighted by Crippen LogP contribution is 2.27. The minimum absolute atomic E-state index is 0.00584. The van der Waals surface area contributed by atoms with Gasteiger partial charge >= 0.3 is 0 Å². The number of nitrogens with one attached hydrogen (secondary N) is 1. The maximum atomic E-state index is 11.9. The molecule has 0 aliphatic carbocycles. The molecule has 4 nitrogen and oxygen atoms in total. The van der Waals surface area contributed by atoms with Crippen molar-refractivity contribution in [1.29, 1.82) is 0 Å². The van der Waals surface area contributed by atoms with Crippen LogP contribution in [0.1, 0.15) is 39.2 Å². The van der Waals surface area contributed by atoms with Gasteiger partial charge < -0.3 is 15.8 Å². The van der Waals surface area contributed by atoms with Crippen molar-refractivity contribution >= 4 is 5.91 Å². The van der Waals surface area contributed by atoms with Crippen LogP contribution in [0.2, 0.25) is 0 Å². The van der Waals surface area contributed by atoms with Crippen molar-refractivity contribution in [3.05, 3.63) is 29.8 Å². The summed E-state index contributed by atoms with van der Waals surface area (Å²) in [6.45, 7) is 6.94. The van der Waals surface area contributed by atoms with Crippen LogP contribution in [0.5, 0.6) is 5.75 Å². The molecule has 0 saturated heterocycles. The average Bonchev–Trinajstić information content (AvgIpc) is 2.76. The van der Waals surface area contributed by atoms with Crippen LogP contribution in [-0.4, -0.2) is 24.6 Å². The summed E-state index contributed by atoms with van der Waals surface area (Å²) in [5, 5.41) is 2.93. The first kappa shape index (κ1) is 15.8. The molecule has 4 heteroatoms. The highest BCUT2D eigenvalue weighted by molar-refractivity contribution is 5.76. The van der Waals surface area contributed by atoms with Crippen molar-refractivity contribution in [3.8, 4) is 5.75 Å². The standard InChI is InChI=1S/C17H26N2O2/c1-17(2,3)10-13(18)9-16(20)19-11-14-8-12-6-4-5-7-15(12)21-14/h4-7,13-14H,8-11,18H2,1-3H3,(H,19,20). The Kier molecular flexibility index (Phi) is 4.88. The summed E-state index contributed by atoms with van der Waals surface area (Å²) >= 11 is 0. The smallest absolute Gasteiger partial charge is 0.221 e. The van der Waals surface area contributed by atoms with Gasteiger partial charge in [0, 0.05) is 18.9 Å². The number of rotatable bonds is 5. The summed E-state index contributed by atoms with van der Waals surface area (Å²) < 4.78 is 5.80. The highest BCUT2D eigenvalue weighted by Gasteiger charge is 2.23. The Balaban J connectivity index is 1.71. The van der Waals surface area contributed by atoms with Gasteiger partial charge in [-0.3, -0.25) is 4.79 Å². The number of nitrogens with two attached hydrogens (primary N) is 1. The Morgan fingerprint density at radius 1 is 1.43 bits per heavy atom. The van der Waals surface area contributed by atoms with Gasteiger partial charge in [-0.25, -0.2) is 0 Å². The topological polar surface area (TPSA) is 64.4 Å². The van der Waals surface area contributed by atoms with E-state index in [0.29, 0.717) is 13.0 Å². The first-order chi connectivity index (χ1) is 9.83. The van der Waals surface area contributed by atoms with Crippen molar-refractivity contribution in [2.24, 2.45) is 11.1 Å². The van der Waals surface area contributed by atoms with Crippen LogP contribution in [0.15, 0.2) is 24.3 Å². The largest absolute Gasteiger partial charge is 0.488 e. The van der Waals surface area contributed by atoms with Crippen LogP contribution >= 0.6 is 0 Å². The number of hydrogen-bond acceptors (Lipinski definition) is 3. The number of ether oxygens (including phenoxy) is 1. The lowest BCUT2D eigenvalue weighted by atomic mass is 9.87. The fourth-order valence-electron chi connectivity index (χ4n) is 2.76. The molecule has 2 rings (SSSR count). The predicted octanol–water partition coefficient (Wildman–Crippen LogP) is 2.26. The van der Waals surface area contributed by atoms with Crippen LogP contribution in [0.4, 0.5) is 0 Å². The molecule has 116 valence electrons. The molecule has 3 N–H and O–H groups in total. The van der Waals surface area contributed by atoms with Gasteiger partial charge in [-0.15, -0.1) is 0 Å². The highest BCUT2D eigenvalue weighted by atomic mass is 16.5. The van der Waals surface area contributed by atoms with Gasteiger partial charge in [0.1, 0.15) is 11.9 Å². The van der Waals surface area contributed by atoms with E-state index in [4.69, 9.17) is 10.5 Å². The monoisotopic (exact) mass is 290 g/mol. The number of hydrogen-bond donors (Lipinski definition) is 2. The van der Waals surface area contributed by atoms with Crippen molar-refractivity contribution in [2.75, 3.05) is 6.54 Å². The molecule has 0 spiro atoms. The third-order valence-corrected chi connectivity index (χ3v) is 3.56. The Hall–Kier alpha value is -1.55. The molecule has 1 aliphatic rings. The van der Waals surface area contributed by atoms with E-state index >= 15 is 0 Å². The first-order valence-electron chi connectivity index (χ1n) is 7.60. The fourth-order valence-corrected chi connectivity index (χ4v) is 2.76. The van der Waals surface area contributed by atoms with E-state index in [0.717, 1.165) is 18.6 Å². The van der Waals surface area contributed by atoms with Gasteiger partial charge in [-0.05, 0) is 23.5 Å². The van der Waals surface area contributed by atoms with Crippen molar-refractivity contribution < 1.29 is 9.53 Å². The lowest BCUT2D eigenvalue weighted by Crippen LogP contribution is -2.38. The Morgan fingerprint density at radius 2 is 2.14 bits per heavy atom. The van der Waals surface area contributed by atoms with E-state index in [1.807, 2.05) is 18.2 Å². The number of benzene rings is 1. The van der Waals surface area contributed by atoms with Crippen molar-refractivity contribution in [2.45, 2.75) is 52.2 Å². The van der Waals surface area contributed by atoms with Gasteiger partial charge in [0.05, 0.1) is 6.54 Å². The van der Waals surface area contributed by atoms with Crippen LogP contribution in [-0.2, 0) is 11.2 Å².